The van der Waals surface area contributed by atoms with Crippen molar-refractivity contribution in [2.24, 2.45) is 5.92 Å². The first-order valence-electron chi connectivity index (χ1n) is 5.91. The molecule has 0 saturated heterocycles. The zero-order chi connectivity index (χ0) is 9.94. The molecule has 0 aromatic heterocycles. The van der Waals surface area contributed by atoms with Gasteiger partial charge in [0.2, 0.25) is 0 Å². The molecule has 0 rings (SSSR count). The Morgan fingerprint density at radius 1 is 0.846 bits per heavy atom. The summed E-state index contributed by atoms with van der Waals surface area (Å²) < 4.78 is 12.2. The Hall–Kier alpha value is -0.0700. The van der Waals surface area contributed by atoms with Crippen molar-refractivity contribution in [3.8, 4) is 0 Å². The minimum atomic E-state index is -0.124. The predicted octanol–water partition coefficient (Wildman–Crippen LogP) is 4.73. The summed E-state index contributed by atoms with van der Waals surface area (Å²) in [6.45, 7) is 4.30. The number of hydrogen-bond acceptors (Lipinski definition) is 0. The van der Waals surface area contributed by atoms with Crippen LogP contribution in [0, 0.1) is 5.92 Å². The summed E-state index contributed by atoms with van der Waals surface area (Å²) in [6, 6.07) is 0. The summed E-state index contributed by atoms with van der Waals surface area (Å²) in [7, 11) is 0. The normalized spacial score (nSPS) is 13.2. The van der Waals surface area contributed by atoms with Gasteiger partial charge in [-0.1, -0.05) is 58.8 Å². The van der Waals surface area contributed by atoms with Crippen LogP contribution in [0.3, 0.4) is 0 Å². The van der Waals surface area contributed by atoms with Crippen LogP contribution in [0.4, 0.5) is 4.39 Å². The van der Waals surface area contributed by atoms with Gasteiger partial charge in [-0.2, -0.15) is 0 Å². The van der Waals surface area contributed by atoms with Gasteiger partial charge >= 0.3 is 0 Å². The van der Waals surface area contributed by atoms with Crippen LogP contribution in [0.1, 0.15) is 65.2 Å². The van der Waals surface area contributed by atoms with Crippen LogP contribution in [-0.2, 0) is 0 Å². The maximum absolute atomic E-state index is 12.2. The first-order valence-corrected chi connectivity index (χ1v) is 5.91. The molecule has 0 nitrogen and oxygen atoms in total. The van der Waals surface area contributed by atoms with Gasteiger partial charge in [-0.05, 0) is 12.3 Å². The minimum Gasteiger partial charge on any atom is -0.251 e. The minimum absolute atomic E-state index is 0.124. The molecule has 0 aliphatic rings. The van der Waals surface area contributed by atoms with Gasteiger partial charge in [-0.3, -0.25) is 4.39 Å². The van der Waals surface area contributed by atoms with Crippen LogP contribution in [0.5, 0.6) is 0 Å². The third-order valence-electron chi connectivity index (χ3n) is 2.70. The fraction of sp³-hybridized carbons (Fsp3) is 1.00. The molecule has 0 amide bonds. The number of rotatable bonds is 9. The van der Waals surface area contributed by atoms with Gasteiger partial charge in [0.05, 0.1) is 6.67 Å². The lowest BCUT2D eigenvalue weighted by molar-refractivity contribution is 0.337. The average Bonchev–Trinajstić information content (AvgIpc) is 2.14. The van der Waals surface area contributed by atoms with Crippen LogP contribution < -0.4 is 0 Å². The molecule has 1 heteroatoms. The molecule has 1 unspecified atom stereocenters. The monoisotopic (exact) mass is 188 g/mol. The van der Waals surface area contributed by atoms with Gasteiger partial charge in [-0.15, -0.1) is 0 Å². The fourth-order valence-electron chi connectivity index (χ4n) is 1.76. The SMILES string of the molecule is CCCCCC(CCF)CCCC. The van der Waals surface area contributed by atoms with Crippen molar-refractivity contribution >= 4 is 0 Å². The number of unbranched alkanes of at least 4 members (excludes halogenated alkanes) is 3. The van der Waals surface area contributed by atoms with E-state index in [1.165, 1.54) is 44.9 Å². The standard InChI is InChI=1S/C12H25F/c1-3-5-7-9-12(10-11-13)8-6-4-2/h12H,3-11H2,1-2H3. The molecule has 0 aromatic rings. The average molecular weight is 188 g/mol. The van der Waals surface area contributed by atoms with Crippen LogP contribution >= 0.6 is 0 Å². The molecule has 0 fully saturated rings. The fourth-order valence-corrected chi connectivity index (χ4v) is 1.76. The van der Waals surface area contributed by atoms with Crippen LogP contribution in [-0.4, -0.2) is 6.67 Å². The van der Waals surface area contributed by atoms with Crippen molar-refractivity contribution in [3.05, 3.63) is 0 Å². The molecule has 0 bridgehead atoms. The topological polar surface area (TPSA) is 0 Å². The highest BCUT2D eigenvalue weighted by molar-refractivity contribution is 4.59. The zero-order valence-electron chi connectivity index (χ0n) is 9.32. The van der Waals surface area contributed by atoms with Crippen molar-refractivity contribution in [2.75, 3.05) is 6.67 Å². The van der Waals surface area contributed by atoms with E-state index in [0.717, 1.165) is 6.42 Å². The zero-order valence-corrected chi connectivity index (χ0v) is 9.32. The smallest absolute Gasteiger partial charge is 0.0897 e. The Morgan fingerprint density at radius 3 is 2.00 bits per heavy atom. The van der Waals surface area contributed by atoms with Crippen LogP contribution in [0.15, 0.2) is 0 Å². The number of hydrogen-bond donors (Lipinski definition) is 0. The Bertz CT molecular complexity index is 91.1. The lowest BCUT2D eigenvalue weighted by Crippen LogP contribution is -2.01. The highest BCUT2D eigenvalue weighted by atomic mass is 19.1. The molecule has 0 spiro atoms. The molecule has 1 atom stereocenters. The van der Waals surface area contributed by atoms with Crippen LogP contribution in [0.25, 0.3) is 0 Å². The molecule has 0 aliphatic heterocycles. The molecule has 13 heavy (non-hydrogen) atoms. The van der Waals surface area contributed by atoms with Crippen molar-refractivity contribution in [1.29, 1.82) is 0 Å². The number of halogens is 1. The second-order valence-electron chi connectivity index (χ2n) is 3.98. The quantitative estimate of drug-likeness (QED) is 0.459. The number of alkyl halides is 1. The predicted molar refractivity (Wildman–Crippen MR) is 57.7 cm³/mol. The molecule has 0 aromatic carbocycles. The van der Waals surface area contributed by atoms with Crippen molar-refractivity contribution < 1.29 is 4.39 Å². The summed E-state index contributed by atoms with van der Waals surface area (Å²) in [5.74, 6) is 0.663. The Kier molecular flexibility index (Phi) is 9.96. The van der Waals surface area contributed by atoms with Gasteiger partial charge in [0.1, 0.15) is 0 Å². The first-order chi connectivity index (χ1) is 6.35. The van der Waals surface area contributed by atoms with E-state index in [-0.39, 0.29) is 6.67 Å². The highest BCUT2D eigenvalue weighted by Gasteiger charge is 2.07. The lowest BCUT2D eigenvalue weighted by atomic mass is 9.93. The summed E-state index contributed by atoms with van der Waals surface area (Å²) in [4.78, 5) is 0. The van der Waals surface area contributed by atoms with E-state index in [4.69, 9.17) is 0 Å². The molecule has 0 aliphatic carbocycles. The summed E-state index contributed by atoms with van der Waals surface area (Å²) >= 11 is 0. The highest BCUT2D eigenvalue weighted by Crippen LogP contribution is 2.20. The summed E-state index contributed by atoms with van der Waals surface area (Å²) in [6.07, 6.45) is 9.69. The Balaban J connectivity index is 3.41. The largest absolute Gasteiger partial charge is 0.251 e. The summed E-state index contributed by atoms with van der Waals surface area (Å²) in [5, 5.41) is 0. The second kappa shape index (κ2) is 10.0. The third kappa shape index (κ3) is 8.27. The summed E-state index contributed by atoms with van der Waals surface area (Å²) in [5.41, 5.74) is 0. The maximum Gasteiger partial charge on any atom is 0.0897 e. The molecule has 0 N–H and O–H groups in total. The molecular formula is C12H25F. The first kappa shape index (κ1) is 12.9. The Labute approximate surface area is 82.9 Å². The van der Waals surface area contributed by atoms with Gasteiger partial charge in [0, 0.05) is 0 Å². The molecule has 0 heterocycles. The van der Waals surface area contributed by atoms with Gasteiger partial charge in [0.25, 0.3) is 0 Å². The van der Waals surface area contributed by atoms with E-state index in [1.54, 1.807) is 0 Å². The molecular weight excluding hydrogens is 163 g/mol. The van der Waals surface area contributed by atoms with E-state index in [2.05, 4.69) is 13.8 Å². The van der Waals surface area contributed by atoms with Crippen molar-refractivity contribution in [2.45, 2.75) is 65.2 Å². The maximum atomic E-state index is 12.2. The van der Waals surface area contributed by atoms with E-state index in [1.807, 2.05) is 0 Å². The van der Waals surface area contributed by atoms with Crippen molar-refractivity contribution in [1.82, 2.24) is 0 Å². The molecule has 0 saturated carbocycles. The van der Waals surface area contributed by atoms with Gasteiger partial charge in [0.15, 0.2) is 0 Å². The molecule has 0 radical (unpaired) electrons. The van der Waals surface area contributed by atoms with E-state index >= 15 is 0 Å². The van der Waals surface area contributed by atoms with Gasteiger partial charge < -0.3 is 0 Å². The van der Waals surface area contributed by atoms with E-state index in [0.29, 0.717) is 5.92 Å². The van der Waals surface area contributed by atoms with E-state index in [9.17, 15) is 4.39 Å². The second-order valence-corrected chi connectivity index (χ2v) is 3.98. The van der Waals surface area contributed by atoms with Gasteiger partial charge in [-0.25, -0.2) is 0 Å². The Morgan fingerprint density at radius 2 is 1.46 bits per heavy atom. The lowest BCUT2D eigenvalue weighted by Gasteiger charge is -2.14. The van der Waals surface area contributed by atoms with E-state index < -0.39 is 0 Å². The van der Waals surface area contributed by atoms with Crippen LogP contribution in [0.2, 0.25) is 0 Å². The molecule has 80 valence electrons. The van der Waals surface area contributed by atoms with Crippen molar-refractivity contribution in [3.63, 3.8) is 0 Å². The third-order valence-corrected chi connectivity index (χ3v) is 2.70.